The van der Waals surface area contributed by atoms with Crippen molar-refractivity contribution in [3.8, 4) is 0 Å². The van der Waals surface area contributed by atoms with Crippen molar-refractivity contribution in [1.82, 2.24) is 14.9 Å². The first-order valence-corrected chi connectivity index (χ1v) is 5.79. The minimum atomic E-state index is -0.473. The maximum atomic E-state index is 12.1. The first kappa shape index (κ1) is 12.9. The molecule has 1 N–H and O–H groups in total. The highest BCUT2D eigenvalue weighted by atomic mass is 16.1. The van der Waals surface area contributed by atoms with E-state index < -0.39 is 5.54 Å². The van der Waals surface area contributed by atoms with E-state index in [0.29, 0.717) is 6.42 Å². The van der Waals surface area contributed by atoms with Gasteiger partial charge in [0.2, 0.25) is 0 Å². The number of hydrogen-bond donors (Lipinski definition) is 1. The lowest BCUT2D eigenvalue weighted by Gasteiger charge is -2.23. The van der Waals surface area contributed by atoms with Crippen LogP contribution in [0.2, 0.25) is 0 Å². The molecule has 90 valence electrons. The van der Waals surface area contributed by atoms with E-state index in [-0.39, 0.29) is 5.78 Å². The van der Waals surface area contributed by atoms with Crippen LogP contribution >= 0.6 is 0 Å². The molecule has 1 aromatic rings. The molecule has 0 fully saturated rings. The van der Waals surface area contributed by atoms with Crippen molar-refractivity contribution in [1.29, 1.82) is 0 Å². The molecule has 0 aliphatic carbocycles. The molecule has 1 aromatic heterocycles. The Morgan fingerprint density at radius 1 is 1.50 bits per heavy atom. The quantitative estimate of drug-likeness (QED) is 0.793. The van der Waals surface area contributed by atoms with Crippen LogP contribution in [-0.2, 0) is 17.8 Å². The fourth-order valence-corrected chi connectivity index (χ4v) is 1.70. The number of aromatic nitrogens is 2. The van der Waals surface area contributed by atoms with Gasteiger partial charge in [0.15, 0.2) is 5.78 Å². The van der Waals surface area contributed by atoms with Crippen molar-refractivity contribution >= 4 is 5.78 Å². The molecular weight excluding hydrogens is 202 g/mol. The molecule has 0 aromatic carbocycles. The standard InChI is InChI=1S/C12H21N3O/c1-5-14-12(3,4)10(16)9-11-13-7-8-15(11)6-2/h7-8,14H,5-6,9H2,1-4H3. The van der Waals surface area contributed by atoms with Crippen LogP contribution in [0.4, 0.5) is 0 Å². The van der Waals surface area contributed by atoms with Crippen molar-refractivity contribution in [3.05, 3.63) is 18.2 Å². The normalized spacial score (nSPS) is 11.8. The van der Waals surface area contributed by atoms with Crippen LogP contribution in [-0.4, -0.2) is 27.4 Å². The minimum Gasteiger partial charge on any atom is -0.335 e. The van der Waals surface area contributed by atoms with Gasteiger partial charge >= 0.3 is 0 Å². The number of ketones is 1. The number of likely N-dealkylation sites (N-methyl/N-ethyl adjacent to an activating group) is 1. The summed E-state index contributed by atoms with van der Waals surface area (Å²) in [6.07, 6.45) is 4.04. The van der Waals surface area contributed by atoms with Gasteiger partial charge in [-0.25, -0.2) is 4.98 Å². The molecule has 0 amide bonds. The molecule has 4 nitrogen and oxygen atoms in total. The van der Waals surface area contributed by atoms with Gasteiger partial charge in [-0.2, -0.15) is 0 Å². The predicted octanol–water partition coefficient (Wildman–Crippen LogP) is 1.40. The molecule has 0 aliphatic rings. The Morgan fingerprint density at radius 2 is 2.19 bits per heavy atom. The number of nitrogens with one attached hydrogen (secondary N) is 1. The second-order valence-corrected chi connectivity index (χ2v) is 4.38. The lowest BCUT2D eigenvalue weighted by molar-refractivity contribution is -0.123. The summed E-state index contributed by atoms with van der Waals surface area (Å²) in [4.78, 5) is 16.3. The first-order chi connectivity index (χ1) is 7.51. The van der Waals surface area contributed by atoms with Gasteiger partial charge in [-0.3, -0.25) is 4.79 Å². The minimum absolute atomic E-state index is 0.176. The van der Waals surface area contributed by atoms with Crippen LogP contribution in [0.5, 0.6) is 0 Å². The Morgan fingerprint density at radius 3 is 2.75 bits per heavy atom. The summed E-state index contributed by atoms with van der Waals surface area (Å²) in [5.41, 5.74) is -0.473. The fourth-order valence-electron chi connectivity index (χ4n) is 1.70. The topological polar surface area (TPSA) is 46.9 Å². The van der Waals surface area contributed by atoms with Gasteiger partial charge in [-0.15, -0.1) is 0 Å². The number of Topliss-reactive ketones (excluding diaryl/α,β-unsaturated/α-hetero) is 1. The SMILES string of the molecule is CCNC(C)(C)C(=O)Cc1nccn1CC. The summed E-state index contributed by atoms with van der Waals surface area (Å²) in [6, 6.07) is 0. The van der Waals surface area contributed by atoms with Gasteiger partial charge in [-0.05, 0) is 27.3 Å². The van der Waals surface area contributed by atoms with Gasteiger partial charge in [0.05, 0.1) is 12.0 Å². The van der Waals surface area contributed by atoms with E-state index in [1.54, 1.807) is 6.20 Å². The van der Waals surface area contributed by atoms with Crippen LogP contribution in [0.1, 0.15) is 33.5 Å². The van der Waals surface area contributed by atoms with E-state index in [4.69, 9.17) is 0 Å². The Balaban J connectivity index is 2.71. The second-order valence-electron chi connectivity index (χ2n) is 4.38. The summed E-state index contributed by atoms with van der Waals surface area (Å²) in [6.45, 7) is 9.52. The van der Waals surface area contributed by atoms with Crippen molar-refractivity contribution in [2.24, 2.45) is 0 Å². The number of nitrogens with zero attached hydrogens (tertiary/aromatic N) is 2. The number of aryl methyl sites for hydroxylation is 1. The highest BCUT2D eigenvalue weighted by Gasteiger charge is 2.26. The molecule has 0 bridgehead atoms. The smallest absolute Gasteiger partial charge is 0.159 e. The zero-order valence-electron chi connectivity index (χ0n) is 10.6. The van der Waals surface area contributed by atoms with Crippen LogP contribution in [0, 0.1) is 0 Å². The number of hydrogen-bond acceptors (Lipinski definition) is 3. The van der Waals surface area contributed by atoms with E-state index in [2.05, 4.69) is 10.3 Å². The van der Waals surface area contributed by atoms with E-state index >= 15 is 0 Å². The number of carbonyl (C=O) groups is 1. The molecule has 1 heterocycles. The predicted molar refractivity (Wildman–Crippen MR) is 64.4 cm³/mol. The van der Waals surface area contributed by atoms with E-state index in [0.717, 1.165) is 18.9 Å². The van der Waals surface area contributed by atoms with Crippen LogP contribution in [0.3, 0.4) is 0 Å². The van der Waals surface area contributed by atoms with Crippen molar-refractivity contribution in [2.75, 3.05) is 6.54 Å². The summed E-state index contributed by atoms with van der Waals surface area (Å²) < 4.78 is 2.00. The molecule has 0 aliphatic heterocycles. The summed E-state index contributed by atoms with van der Waals surface area (Å²) >= 11 is 0. The number of rotatable bonds is 6. The zero-order valence-corrected chi connectivity index (χ0v) is 10.6. The molecule has 1 rings (SSSR count). The van der Waals surface area contributed by atoms with Crippen LogP contribution in [0.15, 0.2) is 12.4 Å². The Hall–Kier alpha value is -1.16. The Labute approximate surface area is 97.1 Å². The molecule has 0 saturated heterocycles. The fraction of sp³-hybridized carbons (Fsp3) is 0.667. The third-order valence-electron chi connectivity index (χ3n) is 2.78. The molecule has 0 atom stereocenters. The largest absolute Gasteiger partial charge is 0.335 e. The number of carbonyl (C=O) groups excluding carboxylic acids is 1. The molecule has 0 radical (unpaired) electrons. The molecule has 4 heteroatoms. The Kier molecular flexibility index (Phi) is 4.24. The lowest BCUT2D eigenvalue weighted by Crippen LogP contribution is -2.47. The van der Waals surface area contributed by atoms with Gasteiger partial charge in [-0.1, -0.05) is 6.92 Å². The van der Waals surface area contributed by atoms with E-state index in [9.17, 15) is 4.79 Å². The summed E-state index contributed by atoms with van der Waals surface area (Å²) in [7, 11) is 0. The average Bonchev–Trinajstić information content (AvgIpc) is 2.65. The molecule has 0 saturated carbocycles. The summed E-state index contributed by atoms with van der Waals surface area (Å²) in [5.74, 6) is 1.02. The molecule has 16 heavy (non-hydrogen) atoms. The first-order valence-electron chi connectivity index (χ1n) is 5.79. The van der Waals surface area contributed by atoms with E-state index in [1.165, 1.54) is 0 Å². The van der Waals surface area contributed by atoms with E-state index in [1.807, 2.05) is 38.5 Å². The Bertz CT molecular complexity index is 355. The maximum Gasteiger partial charge on any atom is 0.159 e. The number of imidazole rings is 1. The van der Waals surface area contributed by atoms with Gasteiger partial charge in [0.1, 0.15) is 5.82 Å². The second kappa shape index (κ2) is 5.25. The highest BCUT2D eigenvalue weighted by Crippen LogP contribution is 2.09. The summed E-state index contributed by atoms with van der Waals surface area (Å²) in [5, 5.41) is 3.18. The molecule has 0 unspecified atom stereocenters. The van der Waals surface area contributed by atoms with Crippen molar-refractivity contribution in [2.45, 2.75) is 46.2 Å². The van der Waals surface area contributed by atoms with Gasteiger partial charge in [0.25, 0.3) is 0 Å². The molecule has 0 spiro atoms. The van der Waals surface area contributed by atoms with Gasteiger partial charge in [0, 0.05) is 18.9 Å². The lowest BCUT2D eigenvalue weighted by atomic mass is 9.96. The third-order valence-corrected chi connectivity index (χ3v) is 2.78. The van der Waals surface area contributed by atoms with Crippen LogP contribution < -0.4 is 5.32 Å². The average molecular weight is 223 g/mol. The highest BCUT2D eigenvalue weighted by molar-refractivity contribution is 5.88. The van der Waals surface area contributed by atoms with Crippen molar-refractivity contribution < 1.29 is 4.79 Å². The monoisotopic (exact) mass is 223 g/mol. The third kappa shape index (κ3) is 2.92. The maximum absolute atomic E-state index is 12.1. The van der Waals surface area contributed by atoms with Crippen LogP contribution in [0.25, 0.3) is 0 Å². The zero-order chi connectivity index (χ0) is 12.2. The van der Waals surface area contributed by atoms with Gasteiger partial charge < -0.3 is 9.88 Å². The molecular formula is C12H21N3O. The van der Waals surface area contributed by atoms with Crippen molar-refractivity contribution in [3.63, 3.8) is 0 Å².